The zero-order valence-electron chi connectivity index (χ0n) is 21.2. The van der Waals surface area contributed by atoms with Gasteiger partial charge in [-0.2, -0.15) is 0 Å². The van der Waals surface area contributed by atoms with Gasteiger partial charge in [0.05, 0.1) is 31.0 Å². The van der Waals surface area contributed by atoms with E-state index >= 15 is 0 Å². The minimum atomic E-state index is -0.361. The predicted octanol–water partition coefficient (Wildman–Crippen LogP) is 6.56. The summed E-state index contributed by atoms with van der Waals surface area (Å²) in [6.45, 7) is 10.1. The van der Waals surface area contributed by atoms with Gasteiger partial charge < -0.3 is 18.9 Å². The lowest BCUT2D eigenvalue weighted by Crippen LogP contribution is -2.53. The van der Waals surface area contributed by atoms with Crippen LogP contribution in [0.15, 0.2) is 23.3 Å². The van der Waals surface area contributed by atoms with E-state index in [4.69, 9.17) is 18.9 Å². The first-order chi connectivity index (χ1) is 16.5. The second-order valence-electron chi connectivity index (χ2n) is 11.4. The summed E-state index contributed by atoms with van der Waals surface area (Å²) in [4.78, 5) is 0. The molecule has 0 bridgehead atoms. The lowest BCUT2D eigenvalue weighted by Gasteiger charge is -2.57. The third-order valence-corrected chi connectivity index (χ3v) is 12.6. The largest absolute Gasteiger partial charge is 0.347 e. The van der Waals surface area contributed by atoms with E-state index < -0.39 is 0 Å². The van der Waals surface area contributed by atoms with E-state index in [1.165, 1.54) is 24.3 Å². The smallest absolute Gasteiger partial charge is 0.174 e. The van der Waals surface area contributed by atoms with E-state index in [9.17, 15) is 0 Å². The second kappa shape index (κ2) is 9.09. The first-order valence-corrected chi connectivity index (χ1v) is 15.8. The molecule has 2 saturated carbocycles. The van der Waals surface area contributed by atoms with Crippen LogP contribution in [0.2, 0.25) is 0 Å². The zero-order chi connectivity index (χ0) is 23.4. The molecule has 2 heterocycles. The Hall–Kier alpha value is 0.0200. The highest BCUT2D eigenvalue weighted by Crippen LogP contribution is 2.68. The molecule has 0 unspecified atom stereocenters. The minimum absolute atomic E-state index is 0.0908. The Kier molecular flexibility index (Phi) is 6.51. The Morgan fingerprint density at radius 2 is 1.65 bits per heavy atom. The van der Waals surface area contributed by atoms with Crippen LogP contribution in [0.1, 0.15) is 72.1 Å². The van der Waals surface area contributed by atoms with Crippen molar-refractivity contribution in [2.45, 2.75) is 88.3 Å². The van der Waals surface area contributed by atoms with Crippen molar-refractivity contribution in [1.82, 2.24) is 0 Å². The fraction of sp³-hybridized carbons (Fsp3) is 0.857. The molecule has 190 valence electrons. The summed E-state index contributed by atoms with van der Waals surface area (Å²) in [6, 6.07) is 0. The lowest BCUT2D eigenvalue weighted by atomic mass is 9.50. The molecule has 34 heavy (non-hydrogen) atoms. The number of fused-ring (bicyclic) bond motifs is 6. The fourth-order valence-electron chi connectivity index (χ4n) is 8.54. The van der Waals surface area contributed by atoms with Gasteiger partial charge in [-0.3, -0.25) is 0 Å². The molecular weight excluding hydrogens is 464 g/mol. The number of rotatable bonds is 6. The summed E-state index contributed by atoms with van der Waals surface area (Å²) >= 11 is 4.30. The van der Waals surface area contributed by atoms with Gasteiger partial charge in [-0.05, 0) is 55.4 Å². The molecule has 4 fully saturated rings. The van der Waals surface area contributed by atoms with E-state index in [2.05, 4.69) is 56.4 Å². The molecule has 0 aromatic heterocycles. The summed E-state index contributed by atoms with van der Waals surface area (Å²) in [7, 11) is 0. The van der Waals surface area contributed by atoms with E-state index in [-0.39, 0.29) is 22.4 Å². The fourth-order valence-corrected chi connectivity index (χ4v) is 11.3. The number of thioether (sulfide) groups is 2. The molecule has 0 radical (unpaired) electrons. The highest BCUT2D eigenvalue weighted by Gasteiger charge is 2.65. The minimum Gasteiger partial charge on any atom is -0.347 e. The van der Waals surface area contributed by atoms with Crippen LogP contribution in [0.4, 0.5) is 0 Å². The van der Waals surface area contributed by atoms with Crippen molar-refractivity contribution in [2.24, 2.45) is 22.7 Å². The van der Waals surface area contributed by atoms with Gasteiger partial charge in [0, 0.05) is 30.1 Å². The van der Waals surface area contributed by atoms with Crippen molar-refractivity contribution >= 4 is 23.5 Å². The topological polar surface area (TPSA) is 36.9 Å². The summed E-state index contributed by atoms with van der Waals surface area (Å²) in [5, 5.41) is 0. The molecule has 0 aromatic carbocycles. The third kappa shape index (κ3) is 3.56. The molecule has 2 aliphatic heterocycles. The Morgan fingerprint density at radius 3 is 2.35 bits per heavy atom. The standard InChI is InChI=1S/C28H42O4S2/c1-4-33-24(34-5-2)19-26-12-13-27(29-14-15-30-27)18-20(26)6-7-21-22-9-11-28(31-16-17-32-28)25(22,3)10-8-23(21)26/h6,8,21-22,24H,4-5,7,9-19H2,1-3H3/t21-,22-,25-,26+/m0/s1. The van der Waals surface area contributed by atoms with Crippen LogP contribution >= 0.6 is 23.5 Å². The molecule has 0 amide bonds. The van der Waals surface area contributed by atoms with Crippen molar-refractivity contribution < 1.29 is 18.9 Å². The third-order valence-electron chi connectivity index (χ3n) is 10.1. The Bertz CT molecular complexity index is 837. The molecule has 4 aliphatic carbocycles. The predicted molar refractivity (Wildman–Crippen MR) is 140 cm³/mol. The highest BCUT2D eigenvalue weighted by atomic mass is 32.2. The second-order valence-corrected chi connectivity index (χ2v) is 14.6. The van der Waals surface area contributed by atoms with Crippen molar-refractivity contribution in [3.8, 4) is 0 Å². The first kappa shape index (κ1) is 24.4. The first-order valence-electron chi connectivity index (χ1n) is 13.7. The highest BCUT2D eigenvalue weighted by molar-refractivity contribution is 8.16. The van der Waals surface area contributed by atoms with E-state index in [1.54, 1.807) is 11.1 Å². The van der Waals surface area contributed by atoms with Crippen molar-refractivity contribution in [1.29, 1.82) is 0 Å². The molecule has 2 spiro atoms. The zero-order valence-corrected chi connectivity index (χ0v) is 22.9. The molecule has 6 aliphatic rings. The Balaban J connectivity index is 1.38. The maximum absolute atomic E-state index is 6.37. The summed E-state index contributed by atoms with van der Waals surface area (Å²) in [5.41, 5.74) is 3.64. The van der Waals surface area contributed by atoms with Crippen molar-refractivity contribution in [2.75, 3.05) is 37.9 Å². The van der Waals surface area contributed by atoms with Crippen molar-refractivity contribution in [3.05, 3.63) is 23.3 Å². The average Bonchev–Trinajstić information content (AvgIpc) is 3.56. The van der Waals surface area contributed by atoms with Gasteiger partial charge in [0.2, 0.25) is 0 Å². The van der Waals surface area contributed by atoms with Gasteiger partial charge in [-0.15, -0.1) is 23.5 Å². The van der Waals surface area contributed by atoms with Crippen LogP contribution in [0, 0.1) is 22.7 Å². The average molecular weight is 507 g/mol. The maximum Gasteiger partial charge on any atom is 0.174 e. The monoisotopic (exact) mass is 506 g/mol. The molecule has 4 atom stereocenters. The van der Waals surface area contributed by atoms with Crippen LogP contribution in [0.5, 0.6) is 0 Å². The molecule has 0 N–H and O–H groups in total. The quantitative estimate of drug-likeness (QED) is 0.300. The number of ether oxygens (including phenoxy) is 4. The van der Waals surface area contributed by atoms with Crippen LogP contribution < -0.4 is 0 Å². The number of hydrogen-bond donors (Lipinski definition) is 0. The van der Waals surface area contributed by atoms with Crippen LogP contribution in [0.3, 0.4) is 0 Å². The van der Waals surface area contributed by atoms with Crippen LogP contribution in [0.25, 0.3) is 0 Å². The van der Waals surface area contributed by atoms with Gasteiger partial charge in [-0.1, -0.05) is 44.1 Å². The maximum atomic E-state index is 6.37. The molecular formula is C28H42O4S2. The lowest BCUT2D eigenvalue weighted by molar-refractivity contribution is -0.228. The molecule has 0 aromatic rings. The van der Waals surface area contributed by atoms with E-state index in [1.807, 2.05) is 0 Å². The molecule has 6 heteroatoms. The Morgan fingerprint density at radius 1 is 0.941 bits per heavy atom. The molecule has 2 saturated heterocycles. The summed E-state index contributed by atoms with van der Waals surface area (Å²) in [6.07, 6.45) is 14.2. The van der Waals surface area contributed by atoms with E-state index in [0.29, 0.717) is 16.4 Å². The molecule has 4 nitrogen and oxygen atoms in total. The van der Waals surface area contributed by atoms with Gasteiger partial charge in [0.15, 0.2) is 11.6 Å². The van der Waals surface area contributed by atoms with Crippen molar-refractivity contribution in [3.63, 3.8) is 0 Å². The van der Waals surface area contributed by atoms with Gasteiger partial charge in [0.1, 0.15) is 0 Å². The van der Waals surface area contributed by atoms with Gasteiger partial charge in [-0.25, -0.2) is 0 Å². The Labute approximate surface area is 214 Å². The SMILES string of the molecule is CCSC(C[C@]12CCC3(CC1=CC[C@@H]1C2=CC[C@@]2(C)[C@H]1CCC21OCCO1)OCCO3)SCC. The summed E-state index contributed by atoms with van der Waals surface area (Å²) in [5.74, 6) is 2.92. The number of hydrogen-bond acceptors (Lipinski definition) is 6. The number of allylic oxidation sites excluding steroid dienone is 3. The summed E-state index contributed by atoms with van der Waals surface area (Å²) < 4.78 is 25.9. The molecule has 6 rings (SSSR count). The van der Waals surface area contributed by atoms with Gasteiger partial charge >= 0.3 is 0 Å². The normalized spacial score (nSPS) is 39.8. The van der Waals surface area contributed by atoms with Gasteiger partial charge in [0.25, 0.3) is 0 Å². The van der Waals surface area contributed by atoms with Crippen LogP contribution in [-0.4, -0.2) is 54.1 Å². The van der Waals surface area contributed by atoms with Crippen LogP contribution in [-0.2, 0) is 18.9 Å². The van der Waals surface area contributed by atoms with E-state index in [0.717, 1.165) is 65.0 Å².